The molecule has 1 aliphatic rings. The van der Waals surface area contributed by atoms with E-state index in [-0.39, 0.29) is 0 Å². The molecule has 2 heterocycles. The highest BCUT2D eigenvalue weighted by Crippen LogP contribution is 2.16. The Bertz CT molecular complexity index is 432. The average Bonchev–Trinajstić information content (AvgIpc) is 2.46. The summed E-state index contributed by atoms with van der Waals surface area (Å²) in [5.41, 5.74) is 5.62. The number of pyridine rings is 1. The SMILES string of the molecule is CC1CCCCN1CCCNc1ccc(C(N)=O)cn1. The molecule has 0 radical (unpaired) electrons. The zero-order chi connectivity index (χ0) is 14.4. The molecule has 1 atom stereocenters. The third kappa shape index (κ3) is 4.20. The summed E-state index contributed by atoms with van der Waals surface area (Å²) in [5, 5.41) is 3.28. The number of carbonyl (C=O) groups excluding carboxylic acids is 1. The predicted molar refractivity (Wildman–Crippen MR) is 80.7 cm³/mol. The molecule has 1 unspecified atom stereocenters. The minimum atomic E-state index is -0.442. The maximum atomic E-state index is 10.9. The van der Waals surface area contributed by atoms with Gasteiger partial charge in [0.25, 0.3) is 0 Å². The van der Waals surface area contributed by atoms with Crippen LogP contribution < -0.4 is 11.1 Å². The fourth-order valence-electron chi connectivity index (χ4n) is 2.63. The van der Waals surface area contributed by atoms with E-state index in [1.54, 1.807) is 12.1 Å². The first-order valence-electron chi connectivity index (χ1n) is 7.40. The van der Waals surface area contributed by atoms with Crippen LogP contribution in [0.25, 0.3) is 0 Å². The summed E-state index contributed by atoms with van der Waals surface area (Å²) in [6.45, 7) is 5.57. The molecule has 0 saturated carbocycles. The molecule has 1 aromatic rings. The van der Waals surface area contributed by atoms with Crippen molar-refractivity contribution in [3.63, 3.8) is 0 Å². The molecule has 20 heavy (non-hydrogen) atoms. The summed E-state index contributed by atoms with van der Waals surface area (Å²) in [4.78, 5) is 17.7. The van der Waals surface area contributed by atoms with Crippen LogP contribution >= 0.6 is 0 Å². The van der Waals surface area contributed by atoms with Crippen LogP contribution in [0.15, 0.2) is 18.3 Å². The molecular weight excluding hydrogens is 252 g/mol. The molecule has 0 spiro atoms. The lowest BCUT2D eigenvalue weighted by atomic mass is 10.0. The smallest absolute Gasteiger partial charge is 0.250 e. The second-order valence-electron chi connectivity index (χ2n) is 5.46. The monoisotopic (exact) mass is 276 g/mol. The van der Waals surface area contributed by atoms with Gasteiger partial charge >= 0.3 is 0 Å². The van der Waals surface area contributed by atoms with Crippen molar-refractivity contribution in [1.82, 2.24) is 9.88 Å². The highest BCUT2D eigenvalue weighted by molar-refractivity contribution is 5.92. The number of hydrogen-bond donors (Lipinski definition) is 2. The number of anilines is 1. The van der Waals surface area contributed by atoms with Gasteiger partial charge in [0.05, 0.1) is 5.56 Å². The molecule has 0 bridgehead atoms. The van der Waals surface area contributed by atoms with Crippen molar-refractivity contribution >= 4 is 11.7 Å². The normalized spacial score (nSPS) is 19.8. The quantitative estimate of drug-likeness (QED) is 0.778. The van der Waals surface area contributed by atoms with E-state index >= 15 is 0 Å². The molecule has 0 aliphatic carbocycles. The number of rotatable bonds is 6. The van der Waals surface area contributed by atoms with Gasteiger partial charge in [-0.3, -0.25) is 4.79 Å². The number of likely N-dealkylation sites (tertiary alicyclic amines) is 1. The number of nitrogens with zero attached hydrogens (tertiary/aromatic N) is 2. The lowest BCUT2D eigenvalue weighted by molar-refractivity contribution is 0.1000. The molecule has 5 nitrogen and oxygen atoms in total. The van der Waals surface area contributed by atoms with Crippen LogP contribution in [0, 0.1) is 0 Å². The summed E-state index contributed by atoms with van der Waals surface area (Å²) >= 11 is 0. The van der Waals surface area contributed by atoms with Gasteiger partial charge in [-0.15, -0.1) is 0 Å². The third-order valence-electron chi connectivity index (χ3n) is 3.92. The van der Waals surface area contributed by atoms with Gasteiger partial charge in [0.2, 0.25) is 5.91 Å². The Balaban J connectivity index is 1.69. The molecule has 1 saturated heterocycles. The van der Waals surface area contributed by atoms with Crippen LogP contribution in [0.2, 0.25) is 0 Å². The van der Waals surface area contributed by atoms with Gasteiger partial charge in [-0.25, -0.2) is 4.98 Å². The maximum absolute atomic E-state index is 10.9. The second-order valence-corrected chi connectivity index (χ2v) is 5.46. The van der Waals surface area contributed by atoms with Crippen molar-refractivity contribution in [3.8, 4) is 0 Å². The molecule has 2 rings (SSSR count). The average molecular weight is 276 g/mol. The molecule has 3 N–H and O–H groups in total. The third-order valence-corrected chi connectivity index (χ3v) is 3.92. The van der Waals surface area contributed by atoms with E-state index in [2.05, 4.69) is 22.1 Å². The number of aromatic nitrogens is 1. The Hall–Kier alpha value is -1.62. The summed E-state index contributed by atoms with van der Waals surface area (Å²) in [6.07, 6.45) is 6.63. The minimum absolute atomic E-state index is 0.442. The van der Waals surface area contributed by atoms with Gasteiger partial charge in [0, 0.05) is 25.3 Å². The lowest BCUT2D eigenvalue weighted by Gasteiger charge is -2.33. The van der Waals surface area contributed by atoms with E-state index in [1.807, 2.05) is 0 Å². The Morgan fingerprint density at radius 3 is 3.00 bits per heavy atom. The number of piperidine rings is 1. The molecule has 1 aromatic heterocycles. The van der Waals surface area contributed by atoms with E-state index in [1.165, 1.54) is 32.0 Å². The molecule has 1 aliphatic heterocycles. The Morgan fingerprint density at radius 1 is 1.50 bits per heavy atom. The fourth-order valence-corrected chi connectivity index (χ4v) is 2.63. The number of nitrogens with two attached hydrogens (primary N) is 1. The lowest BCUT2D eigenvalue weighted by Crippen LogP contribution is -2.38. The second kappa shape index (κ2) is 7.24. The van der Waals surface area contributed by atoms with E-state index in [0.717, 1.165) is 31.4 Å². The molecule has 1 amide bonds. The Morgan fingerprint density at radius 2 is 2.35 bits per heavy atom. The maximum Gasteiger partial charge on any atom is 0.250 e. The minimum Gasteiger partial charge on any atom is -0.370 e. The van der Waals surface area contributed by atoms with Gasteiger partial charge in [-0.2, -0.15) is 0 Å². The van der Waals surface area contributed by atoms with Crippen LogP contribution in [-0.2, 0) is 0 Å². The van der Waals surface area contributed by atoms with Crippen LogP contribution in [0.3, 0.4) is 0 Å². The van der Waals surface area contributed by atoms with E-state index in [4.69, 9.17) is 5.73 Å². The van der Waals surface area contributed by atoms with Crippen LogP contribution in [-0.4, -0.2) is 41.5 Å². The summed E-state index contributed by atoms with van der Waals surface area (Å²) in [7, 11) is 0. The zero-order valence-corrected chi connectivity index (χ0v) is 12.1. The number of amides is 1. The summed E-state index contributed by atoms with van der Waals surface area (Å²) in [6, 6.07) is 4.21. The summed E-state index contributed by atoms with van der Waals surface area (Å²) in [5.74, 6) is 0.352. The van der Waals surface area contributed by atoms with Gasteiger partial charge in [-0.05, 0) is 44.9 Å². The standard InChI is InChI=1S/C15H24N4O/c1-12-5-2-3-9-19(12)10-4-8-17-14-7-6-13(11-18-14)15(16)20/h6-7,11-12H,2-5,8-10H2,1H3,(H2,16,20)(H,17,18). The fraction of sp³-hybridized carbons (Fsp3) is 0.600. The van der Waals surface area contributed by atoms with Gasteiger partial charge in [0.1, 0.15) is 5.82 Å². The van der Waals surface area contributed by atoms with Crippen molar-refractivity contribution in [2.75, 3.05) is 25.0 Å². The first kappa shape index (κ1) is 14.8. The highest BCUT2D eigenvalue weighted by Gasteiger charge is 2.16. The van der Waals surface area contributed by atoms with Crippen molar-refractivity contribution < 1.29 is 4.79 Å². The number of hydrogen-bond acceptors (Lipinski definition) is 4. The highest BCUT2D eigenvalue weighted by atomic mass is 16.1. The van der Waals surface area contributed by atoms with Gasteiger partial charge in [-0.1, -0.05) is 6.42 Å². The van der Waals surface area contributed by atoms with Gasteiger partial charge in [0.15, 0.2) is 0 Å². The topological polar surface area (TPSA) is 71.2 Å². The van der Waals surface area contributed by atoms with E-state index < -0.39 is 5.91 Å². The van der Waals surface area contributed by atoms with Crippen molar-refractivity contribution in [2.45, 2.75) is 38.6 Å². The van der Waals surface area contributed by atoms with Gasteiger partial charge < -0.3 is 16.0 Å². The molecule has 1 fully saturated rings. The first-order valence-corrected chi connectivity index (χ1v) is 7.40. The van der Waals surface area contributed by atoms with E-state index in [9.17, 15) is 4.79 Å². The molecular formula is C15H24N4O. The predicted octanol–water partition coefficient (Wildman–Crippen LogP) is 1.86. The first-order chi connectivity index (χ1) is 9.66. The Kier molecular flexibility index (Phi) is 5.35. The molecule has 0 aromatic carbocycles. The van der Waals surface area contributed by atoms with Crippen molar-refractivity contribution in [2.24, 2.45) is 5.73 Å². The number of nitrogens with one attached hydrogen (secondary N) is 1. The molecule has 110 valence electrons. The number of carbonyl (C=O) groups is 1. The summed E-state index contributed by atoms with van der Waals surface area (Å²) < 4.78 is 0. The number of primary amides is 1. The van der Waals surface area contributed by atoms with E-state index in [0.29, 0.717) is 5.56 Å². The largest absolute Gasteiger partial charge is 0.370 e. The van der Waals surface area contributed by atoms with Crippen LogP contribution in [0.5, 0.6) is 0 Å². The zero-order valence-electron chi connectivity index (χ0n) is 12.1. The van der Waals surface area contributed by atoms with Crippen LogP contribution in [0.4, 0.5) is 5.82 Å². The van der Waals surface area contributed by atoms with Crippen molar-refractivity contribution in [1.29, 1.82) is 0 Å². The molecule has 5 heteroatoms. The van der Waals surface area contributed by atoms with Crippen molar-refractivity contribution in [3.05, 3.63) is 23.9 Å². The van der Waals surface area contributed by atoms with Crippen LogP contribution in [0.1, 0.15) is 43.0 Å². The Labute approximate surface area is 120 Å².